The van der Waals surface area contributed by atoms with E-state index in [4.69, 9.17) is 20.6 Å². The van der Waals surface area contributed by atoms with Crippen LogP contribution in [0.3, 0.4) is 0 Å². The molecule has 0 spiro atoms. The van der Waals surface area contributed by atoms with Crippen LogP contribution in [0.4, 0.5) is 5.69 Å². The van der Waals surface area contributed by atoms with Crippen LogP contribution in [-0.2, 0) is 26.0 Å². The lowest BCUT2D eigenvalue weighted by atomic mass is 9.98. The van der Waals surface area contributed by atoms with Crippen LogP contribution >= 0.6 is 0 Å². The second kappa shape index (κ2) is 11.9. The summed E-state index contributed by atoms with van der Waals surface area (Å²) in [5.74, 6) is 0.159. The minimum absolute atomic E-state index is 0.0207. The smallest absolute Gasteiger partial charge is 0.305 e. The van der Waals surface area contributed by atoms with E-state index in [1.165, 1.54) is 4.31 Å². The number of piperidine rings is 1. The quantitative estimate of drug-likeness (QED) is 0.192. The van der Waals surface area contributed by atoms with Crippen LogP contribution in [0, 0.1) is 5.41 Å². The number of rotatable bonds is 10. The minimum atomic E-state index is -3.77. The average molecular weight is 565 g/mol. The number of anilines is 1. The summed E-state index contributed by atoms with van der Waals surface area (Å²) in [6, 6.07) is 16.7. The number of esters is 1. The summed E-state index contributed by atoms with van der Waals surface area (Å²) in [6.45, 7) is 3.83. The van der Waals surface area contributed by atoms with Crippen molar-refractivity contribution >= 4 is 38.3 Å². The molecule has 0 radical (unpaired) electrons. The number of benzene rings is 3. The molecule has 0 saturated carbocycles. The van der Waals surface area contributed by atoms with E-state index in [9.17, 15) is 13.2 Å². The Hall–Kier alpha value is -3.63. The van der Waals surface area contributed by atoms with Crippen molar-refractivity contribution in [3.05, 3.63) is 71.3 Å². The minimum Gasteiger partial charge on any atom is -0.490 e. The Morgan fingerprint density at radius 1 is 1.07 bits per heavy atom. The number of ether oxygens (including phenoxy) is 2. The van der Waals surface area contributed by atoms with Gasteiger partial charge in [0.2, 0.25) is 10.0 Å². The molecule has 0 bridgehead atoms. The number of sulfonamides is 1. The predicted molar refractivity (Wildman–Crippen MR) is 157 cm³/mol. The van der Waals surface area contributed by atoms with Crippen LogP contribution in [-0.4, -0.2) is 51.8 Å². The normalized spacial score (nSPS) is 17.5. The fraction of sp³-hybridized carbons (Fsp3) is 0.400. The summed E-state index contributed by atoms with van der Waals surface area (Å²) in [5.41, 5.74) is 8.72. The Morgan fingerprint density at radius 2 is 1.85 bits per heavy atom. The van der Waals surface area contributed by atoms with E-state index in [1.54, 1.807) is 13.0 Å². The molecule has 0 aliphatic carbocycles. The molecule has 4 N–H and O–H groups in total. The van der Waals surface area contributed by atoms with Gasteiger partial charge in [0, 0.05) is 18.4 Å². The standard InChI is InChI=1S/C30H36N4O5S/c1-2-38-29(35)4-3-15-40(36,37)34-27-10-9-26(39-25-11-13-33-14-12-25)18-24(27)19-28(34)21-7-5-20-6-8-22(30(31)32)17-23(20)16-21/h5-10,16-18,25,28,33H,2-4,11-15,19H2,1H3,(H3,31,32). The largest absolute Gasteiger partial charge is 0.490 e. The summed E-state index contributed by atoms with van der Waals surface area (Å²) >= 11 is 0. The van der Waals surface area contributed by atoms with E-state index in [2.05, 4.69) is 5.32 Å². The Bertz CT molecular complexity index is 1520. The van der Waals surface area contributed by atoms with Crippen LogP contribution in [0.1, 0.15) is 55.3 Å². The second-order valence-electron chi connectivity index (χ2n) is 10.3. The van der Waals surface area contributed by atoms with Crippen molar-refractivity contribution in [3.63, 3.8) is 0 Å². The Labute approximate surface area is 235 Å². The molecule has 0 aromatic heterocycles. The number of nitrogens with two attached hydrogens (primary N) is 1. The molecular formula is C30H36N4O5S. The first-order valence-corrected chi connectivity index (χ1v) is 15.4. The summed E-state index contributed by atoms with van der Waals surface area (Å²) in [7, 11) is -3.77. The monoisotopic (exact) mass is 564 g/mol. The van der Waals surface area contributed by atoms with Gasteiger partial charge in [-0.25, -0.2) is 8.42 Å². The van der Waals surface area contributed by atoms with Crippen molar-refractivity contribution < 1.29 is 22.7 Å². The van der Waals surface area contributed by atoms with Gasteiger partial charge in [0.25, 0.3) is 0 Å². The van der Waals surface area contributed by atoms with E-state index in [1.807, 2.05) is 48.5 Å². The van der Waals surface area contributed by atoms with E-state index in [-0.39, 0.29) is 37.1 Å². The van der Waals surface area contributed by atoms with E-state index < -0.39 is 22.0 Å². The SMILES string of the molecule is CCOC(=O)CCCS(=O)(=O)N1c2ccc(OC3CCNCC3)cc2CC1c1ccc2ccc(C(=N)N)cc2c1. The molecular weight excluding hydrogens is 528 g/mol. The fourth-order valence-electron chi connectivity index (χ4n) is 5.55. The lowest BCUT2D eigenvalue weighted by Crippen LogP contribution is -2.34. The number of nitrogens with one attached hydrogen (secondary N) is 2. The number of carbonyl (C=O) groups is 1. The topological polar surface area (TPSA) is 135 Å². The van der Waals surface area contributed by atoms with Gasteiger partial charge in [-0.1, -0.05) is 24.3 Å². The number of nitrogens with zero attached hydrogens (tertiary/aromatic N) is 1. The van der Waals surface area contributed by atoms with Gasteiger partial charge in [-0.3, -0.25) is 14.5 Å². The molecule has 2 heterocycles. The number of amidine groups is 1. The average Bonchev–Trinajstić information content (AvgIpc) is 3.33. The van der Waals surface area contributed by atoms with Gasteiger partial charge >= 0.3 is 5.97 Å². The van der Waals surface area contributed by atoms with E-state index in [0.717, 1.165) is 53.6 Å². The number of carbonyl (C=O) groups excluding carboxylic acids is 1. The summed E-state index contributed by atoms with van der Waals surface area (Å²) < 4.78 is 40.4. The highest BCUT2D eigenvalue weighted by atomic mass is 32.2. The summed E-state index contributed by atoms with van der Waals surface area (Å²) in [4.78, 5) is 11.9. The fourth-order valence-corrected chi connectivity index (χ4v) is 7.31. The number of hydrogen-bond acceptors (Lipinski definition) is 7. The molecule has 9 nitrogen and oxygen atoms in total. The first-order chi connectivity index (χ1) is 19.2. The van der Waals surface area contributed by atoms with Crippen molar-refractivity contribution in [2.75, 3.05) is 29.8 Å². The van der Waals surface area contributed by atoms with Crippen molar-refractivity contribution in [3.8, 4) is 5.75 Å². The Balaban J connectivity index is 1.48. The number of fused-ring (bicyclic) bond motifs is 2. The van der Waals surface area contributed by atoms with Crippen LogP contribution in [0.5, 0.6) is 5.75 Å². The van der Waals surface area contributed by atoms with Gasteiger partial charge in [-0.15, -0.1) is 0 Å². The van der Waals surface area contributed by atoms with Crippen molar-refractivity contribution in [2.24, 2.45) is 5.73 Å². The number of nitrogen functional groups attached to an aromatic ring is 1. The molecule has 10 heteroatoms. The highest BCUT2D eigenvalue weighted by Crippen LogP contribution is 2.44. The molecule has 40 heavy (non-hydrogen) atoms. The van der Waals surface area contributed by atoms with Crippen molar-refractivity contribution in [1.29, 1.82) is 5.41 Å². The van der Waals surface area contributed by atoms with Gasteiger partial charge in [0.05, 0.1) is 24.1 Å². The Morgan fingerprint density at radius 3 is 2.60 bits per heavy atom. The van der Waals surface area contributed by atoms with Crippen LogP contribution < -0.4 is 20.1 Å². The third-order valence-corrected chi connectivity index (χ3v) is 9.38. The lowest BCUT2D eigenvalue weighted by molar-refractivity contribution is -0.143. The molecule has 3 aromatic carbocycles. The van der Waals surface area contributed by atoms with Gasteiger partial charge < -0.3 is 20.5 Å². The molecule has 1 fully saturated rings. The lowest BCUT2D eigenvalue weighted by Gasteiger charge is -2.28. The highest BCUT2D eigenvalue weighted by molar-refractivity contribution is 7.92. The van der Waals surface area contributed by atoms with Crippen molar-refractivity contribution in [1.82, 2.24) is 5.32 Å². The van der Waals surface area contributed by atoms with Crippen molar-refractivity contribution in [2.45, 2.75) is 51.2 Å². The third-order valence-electron chi connectivity index (χ3n) is 7.52. The number of hydrogen-bond donors (Lipinski definition) is 3. The zero-order valence-electron chi connectivity index (χ0n) is 22.7. The molecule has 1 saturated heterocycles. The molecule has 1 atom stereocenters. The molecule has 0 amide bonds. The Kier molecular flexibility index (Phi) is 8.27. The van der Waals surface area contributed by atoms with E-state index >= 15 is 0 Å². The van der Waals surface area contributed by atoms with Gasteiger partial charge in [-0.05, 0) is 91.5 Å². The van der Waals surface area contributed by atoms with Gasteiger partial charge in [0.1, 0.15) is 17.7 Å². The maximum atomic E-state index is 13.8. The maximum absolute atomic E-state index is 13.8. The van der Waals surface area contributed by atoms with Crippen LogP contribution in [0.25, 0.3) is 10.8 Å². The van der Waals surface area contributed by atoms with E-state index in [0.29, 0.717) is 17.7 Å². The molecule has 2 aliphatic rings. The first-order valence-electron chi connectivity index (χ1n) is 13.8. The summed E-state index contributed by atoms with van der Waals surface area (Å²) in [6.07, 6.45) is 2.71. The molecule has 2 aliphatic heterocycles. The molecule has 3 aromatic rings. The first kappa shape index (κ1) is 27.9. The molecule has 212 valence electrons. The van der Waals surface area contributed by atoms with Gasteiger partial charge in [0.15, 0.2) is 0 Å². The zero-order valence-corrected chi connectivity index (χ0v) is 23.5. The third kappa shape index (κ3) is 6.08. The highest BCUT2D eigenvalue weighted by Gasteiger charge is 2.38. The predicted octanol–water partition coefficient (Wildman–Crippen LogP) is 4.03. The maximum Gasteiger partial charge on any atom is 0.305 e. The van der Waals surface area contributed by atoms with Crippen LogP contribution in [0.2, 0.25) is 0 Å². The van der Waals surface area contributed by atoms with Crippen LogP contribution in [0.15, 0.2) is 54.6 Å². The second-order valence-corrected chi connectivity index (χ2v) is 12.3. The summed E-state index contributed by atoms with van der Waals surface area (Å²) in [5, 5.41) is 13.0. The molecule has 1 unspecified atom stereocenters. The zero-order chi connectivity index (χ0) is 28.3. The van der Waals surface area contributed by atoms with Gasteiger partial charge in [-0.2, -0.15) is 0 Å². The molecule has 5 rings (SSSR count).